The Bertz CT molecular complexity index is 269. The van der Waals surface area contributed by atoms with Crippen LogP contribution in [-0.4, -0.2) is 67.3 Å². The van der Waals surface area contributed by atoms with Crippen molar-refractivity contribution in [1.29, 1.82) is 0 Å². The van der Waals surface area contributed by atoms with E-state index in [1.54, 1.807) is 0 Å². The number of hydrogen-bond donors (Lipinski definition) is 1. The average molecular weight is 241 g/mol. The summed E-state index contributed by atoms with van der Waals surface area (Å²) in [5.41, 5.74) is 6.25. The molecule has 1 atom stereocenters. The molecule has 2 aliphatic heterocycles. The number of ether oxygens (including phenoxy) is 1. The van der Waals surface area contributed by atoms with Gasteiger partial charge in [-0.2, -0.15) is 0 Å². The van der Waals surface area contributed by atoms with Gasteiger partial charge in [-0.3, -0.25) is 4.90 Å². The third-order valence-corrected chi connectivity index (χ3v) is 4.22. The van der Waals surface area contributed by atoms with Crippen LogP contribution in [0.1, 0.15) is 26.7 Å². The molecule has 0 saturated carbocycles. The van der Waals surface area contributed by atoms with Crippen molar-refractivity contribution >= 4 is 0 Å². The summed E-state index contributed by atoms with van der Waals surface area (Å²) in [4.78, 5) is 4.99. The van der Waals surface area contributed by atoms with E-state index in [0.29, 0.717) is 0 Å². The van der Waals surface area contributed by atoms with Crippen molar-refractivity contribution in [3.05, 3.63) is 0 Å². The van der Waals surface area contributed by atoms with E-state index < -0.39 is 0 Å². The Morgan fingerprint density at radius 1 is 1.24 bits per heavy atom. The van der Waals surface area contributed by atoms with Gasteiger partial charge in [-0.05, 0) is 40.3 Å². The number of nitrogens with two attached hydrogens (primary N) is 1. The Hall–Kier alpha value is -0.160. The molecule has 4 nitrogen and oxygen atoms in total. The van der Waals surface area contributed by atoms with Crippen molar-refractivity contribution in [2.24, 2.45) is 5.73 Å². The van der Waals surface area contributed by atoms with Gasteiger partial charge in [0.25, 0.3) is 0 Å². The molecule has 4 heteroatoms. The zero-order valence-corrected chi connectivity index (χ0v) is 11.5. The number of nitrogens with zero attached hydrogens (tertiary/aromatic N) is 2. The largest absolute Gasteiger partial charge is 0.373 e. The number of rotatable bonds is 2. The fourth-order valence-electron chi connectivity index (χ4n) is 3.31. The van der Waals surface area contributed by atoms with Gasteiger partial charge < -0.3 is 15.4 Å². The number of morpholine rings is 1. The Morgan fingerprint density at radius 3 is 2.59 bits per heavy atom. The lowest BCUT2D eigenvalue weighted by Gasteiger charge is -2.52. The molecule has 2 saturated heterocycles. The van der Waals surface area contributed by atoms with Gasteiger partial charge in [0.1, 0.15) is 0 Å². The summed E-state index contributed by atoms with van der Waals surface area (Å²) in [6.45, 7) is 10.3. The van der Waals surface area contributed by atoms with E-state index in [9.17, 15) is 0 Å². The lowest BCUT2D eigenvalue weighted by molar-refractivity contribution is -0.125. The fraction of sp³-hybridized carbons (Fsp3) is 1.00. The number of likely N-dealkylation sites (N-methyl/N-ethyl adjacent to an activating group) is 1. The van der Waals surface area contributed by atoms with E-state index in [4.69, 9.17) is 10.5 Å². The van der Waals surface area contributed by atoms with E-state index in [1.807, 2.05) is 0 Å². The van der Waals surface area contributed by atoms with Crippen molar-refractivity contribution < 1.29 is 4.74 Å². The van der Waals surface area contributed by atoms with Gasteiger partial charge in [0, 0.05) is 31.7 Å². The summed E-state index contributed by atoms with van der Waals surface area (Å²) >= 11 is 0. The van der Waals surface area contributed by atoms with Crippen LogP contribution in [0.3, 0.4) is 0 Å². The summed E-state index contributed by atoms with van der Waals surface area (Å²) in [5, 5.41) is 0. The smallest absolute Gasteiger partial charge is 0.0753 e. The highest BCUT2D eigenvalue weighted by Crippen LogP contribution is 2.30. The minimum Gasteiger partial charge on any atom is -0.373 e. The maximum absolute atomic E-state index is 6.11. The second-order valence-electron chi connectivity index (χ2n) is 6.30. The molecule has 0 amide bonds. The zero-order chi connectivity index (χ0) is 12.5. The van der Waals surface area contributed by atoms with Crippen LogP contribution in [0.15, 0.2) is 0 Å². The molecule has 2 heterocycles. The van der Waals surface area contributed by atoms with Crippen LogP contribution < -0.4 is 5.73 Å². The Kier molecular flexibility index (Phi) is 3.78. The molecule has 2 N–H and O–H groups in total. The van der Waals surface area contributed by atoms with Gasteiger partial charge >= 0.3 is 0 Å². The minimum absolute atomic E-state index is 0.0313. The van der Waals surface area contributed by atoms with Crippen molar-refractivity contribution in [2.45, 2.75) is 37.8 Å². The normalized spacial score (nSPS) is 36.0. The summed E-state index contributed by atoms with van der Waals surface area (Å²) in [6.07, 6.45) is 2.48. The standard InChI is InChI=1S/C13H27N3O/c1-12(2)10-16(7-8-17-12)13(9-14)5-4-6-15(3)11-13/h4-11,14H2,1-3H3. The lowest BCUT2D eigenvalue weighted by atomic mass is 9.85. The van der Waals surface area contributed by atoms with Crippen LogP contribution in [0.2, 0.25) is 0 Å². The molecular weight excluding hydrogens is 214 g/mol. The lowest BCUT2D eigenvalue weighted by Crippen LogP contribution is -2.66. The summed E-state index contributed by atoms with van der Waals surface area (Å²) in [5.74, 6) is 0. The first-order valence-electron chi connectivity index (χ1n) is 6.75. The predicted octanol–water partition coefficient (Wildman–Crippen LogP) is 0.520. The zero-order valence-electron chi connectivity index (χ0n) is 11.5. The van der Waals surface area contributed by atoms with Crippen LogP contribution in [-0.2, 0) is 4.74 Å². The highest BCUT2D eigenvalue weighted by molar-refractivity contribution is 4.99. The number of hydrogen-bond acceptors (Lipinski definition) is 4. The van der Waals surface area contributed by atoms with Crippen molar-refractivity contribution in [2.75, 3.05) is 46.4 Å². The van der Waals surface area contributed by atoms with Crippen molar-refractivity contribution in [3.63, 3.8) is 0 Å². The van der Waals surface area contributed by atoms with E-state index in [2.05, 4.69) is 30.7 Å². The average Bonchev–Trinajstić information content (AvgIpc) is 2.27. The fourth-order valence-corrected chi connectivity index (χ4v) is 3.31. The maximum Gasteiger partial charge on any atom is 0.0753 e. The molecule has 0 aromatic rings. The molecule has 0 aromatic carbocycles. The van der Waals surface area contributed by atoms with Gasteiger partial charge in [-0.15, -0.1) is 0 Å². The predicted molar refractivity (Wildman–Crippen MR) is 70.1 cm³/mol. The second kappa shape index (κ2) is 4.84. The molecular formula is C13H27N3O. The highest BCUT2D eigenvalue weighted by Gasteiger charge is 2.42. The quantitative estimate of drug-likeness (QED) is 0.765. The first-order valence-corrected chi connectivity index (χ1v) is 6.75. The topological polar surface area (TPSA) is 41.7 Å². The first kappa shape index (κ1) is 13.3. The van der Waals surface area contributed by atoms with Crippen LogP contribution in [0.5, 0.6) is 0 Å². The monoisotopic (exact) mass is 241 g/mol. The molecule has 0 aromatic heterocycles. The molecule has 2 fully saturated rings. The first-order chi connectivity index (χ1) is 7.97. The van der Waals surface area contributed by atoms with Crippen molar-refractivity contribution in [1.82, 2.24) is 9.80 Å². The van der Waals surface area contributed by atoms with Crippen LogP contribution in [0.25, 0.3) is 0 Å². The number of likely N-dealkylation sites (tertiary alicyclic amines) is 1. The van der Waals surface area contributed by atoms with Gasteiger partial charge in [-0.25, -0.2) is 0 Å². The van der Waals surface area contributed by atoms with Crippen molar-refractivity contribution in [3.8, 4) is 0 Å². The highest BCUT2D eigenvalue weighted by atomic mass is 16.5. The molecule has 0 spiro atoms. The van der Waals surface area contributed by atoms with Gasteiger partial charge in [0.15, 0.2) is 0 Å². The molecule has 17 heavy (non-hydrogen) atoms. The van der Waals surface area contributed by atoms with E-state index >= 15 is 0 Å². The van der Waals surface area contributed by atoms with Gasteiger partial charge in [0.05, 0.1) is 12.2 Å². The van der Waals surface area contributed by atoms with E-state index in [1.165, 1.54) is 19.4 Å². The minimum atomic E-state index is -0.0313. The molecule has 0 radical (unpaired) electrons. The maximum atomic E-state index is 6.11. The Balaban J connectivity index is 2.11. The summed E-state index contributed by atoms with van der Waals surface area (Å²) < 4.78 is 5.81. The van der Waals surface area contributed by atoms with E-state index in [-0.39, 0.29) is 11.1 Å². The summed E-state index contributed by atoms with van der Waals surface area (Å²) in [7, 11) is 2.20. The Labute approximate surface area is 105 Å². The SMILES string of the molecule is CN1CCCC(CN)(N2CCOC(C)(C)C2)C1. The molecule has 2 aliphatic rings. The van der Waals surface area contributed by atoms with Gasteiger partial charge in [-0.1, -0.05) is 0 Å². The summed E-state index contributed by atoms with van der Waals surface area (Å²) in [6, 6.07) is 0. The van der Waals surface area contributed by atoms with Crippen LogP contribution in [0, 0.1) is 0 Å². The molecule has 1 unspecified atom stereocenters. The van der Waals surface area contributed by atoms with E-state index in [0.717, 1.165) is 32.8 Å². The second-order valence-corrected chi connectivity index (χ2v) is 6.30. The van der Waals surface area contributed by atoms with Gasteiger partial charge in [0.2, 0.25) is 0 Å². The van der Waals surface area contributed by atoms with Crippen LogP contribution in [0.4, 0.5) is 0 Å². The molecule has 100 valence electrons. The van der Waals surface area contributed by atoms with Crippen LogP contribution >= 0.6 is 0 Å². The number of piperidine rings is 1. The third kappa shape index (κ3) is 2.81. The third-order valence-electron chi connectivity index (χ3n) is 4.22. The Morgan fingerprint density at radius 2 is 2.00 bits per heavy atom. The molecule has 0 bridgehead atoms. The molecule has 0 aliphatic carbocycles. The molecule has 2 rings (SSSR count).